The number of aryl methyl sites for hydroxylation is 3. The first-order valence-corrected chi connectivity index (χ1v) is 8.40. The van der Waals surface area contributed by atoms with Crippen LogP contribution in [0.1, 0.15) is 32.9 Å². The SMILES string of the molecule is Cc1ccc(OCc2c(C(=O)Nc3ccc(Cl)cn3)noc2C)c(C)c1. The summed E-state index contributed by atoms with van der Waals surface area (Å²) in [7, 11) is 0. The van der Waals surface area contributed by atoms with E-state index in [9.17, 15) is 4.79 Å². The van der Waals surface area contributed by atoms with Crippen molar-refractivity contribution in [2.24, 2.45) is 0 Å². The fraction of sp³-hybridized carbons (Fsp3) is 0.211. The first kappa shape index (κ1) is 17.9. The molecule has 0 atom stereocenters. The van der Waals surface area contributed by atoms with Crippen molar-refractivity contribution in [3.63, 3.8) is 0 Å². The van der Waals surface area contributed by atoms with Crippen LogP contribution in [0, 0.1) is 20.8 Å². The minimum atomic E-state index is -0.420. The Morgan fingerprint density at radius 1 is 1.23 bits per heavy atom. The average Bonchev–Trinajstić information content (AvgIpc) is 2.97. The largest absolute Gasteiger partial charge is 0.488 e. The summed E-state index contributed by atoms with van der Waals surface area (Å²) in [5.74, 6) is 1.24. The molecule has 0 aliphatic rings. The minimum Gasteiger partial charge on any atom is -0.488 e. The number of anilines is 1. The maximum absolute atomic E-state index is 12.5. The standard InChI is InChI=1S/C19H18ClN3O3/c1-11-4-6-16(12(2)8-11)25-10-15-13(3)26-23-18(15)19(24)22-17-7-5-14(20)9-21-17/h4-9H,10H2,1-3H3,(H,21,22,24). The Kier molecular flexibility index (Phi) is 5.23. The summed E-state index contributed by atoms with van der Waals surface area (Å²) in [5.41, 5.74) is 2.95. The van der Waals surface area contributed by atoms with Crippen molar-refractivity contribution in [2.75, 3.05) is 5.32 Å². The van der Waals surface area contributed by atoms with Crippen LogP contribution in [0.3, 0.4) is 0 Å². The van der Waals surface area contributed by atoms with Crippen molar-refractivity contribution in [1.82, 2.24) is 10.1 Å². The van der Waals surface area contributed by atoms with E-state index in [1.165, 1.54) is 6.20 Å². The van der Waals surface area contributed by atoms with E-state index < -0.39 is 5.91 Å². The van der Waals surface area contributed by atoms with Crippen LogP contribution in [0.15, 0.2) is 41.1 Å². The van der Waals surface area contributed by atoms with Gasteiger partial charge < -0.3 is 14.6 Å². The Morgan fingerprint density at radius 3 is 2.73 bits per heavy atom. The predicted molar refractivity (Wildman–Crippen MR) is 98.7 cm³/mol. The number of hydrogen-bond donors (Lipinski definition) is 1. The molecule has 26 heavy (non-hydrogen) atoms. The van der Waals surface area contributed by atoms with Gasteiger partial charge in [-0.05, 0) is 44.5 Å². The summed E-state index contributed by atoms with van der Waals surface area (Å²) >= 11 is 5.80. The highest BCUT2D eigenvalue weighted by atomic mass is 35.5. The number of nitrogens with zero attached hydrogens (tertiary/aromatic N) is 2. The molecule has 6 nitrogen and oxygen atoms in total. The molecule has 2 heterocycles. The fourth-order valence-electron chi connectivity index (χ4n) is 2.48. The zero-order valence-electron chi connectivity index (χ0n) is 14.7. The Hall–Kier alpha value is -2.86. The second-order valence-electron chi connectivity index (χ2n) is 5.94. The quantitative estimate of drug-likeness (QED) is 0.715. The van der Waals surface area contributed by atoms with E-state index in [1.54, 1.807) is 19.1 Å². The minimum absolute atomic E-state index is 0.170. The first-order valence-electron chi connectivity index (χ1n) is 8.02. The third-order valence-electron chi connectivity index (χ3n) is 3.87. The normalized spacial score (nSPS) is 10.6. The van der Waals surface area contributed by atoms with E-state index in [0.717, 1.165) is 16.9 Å². The van der Waals surface area contributed by atoms with Gasteiger partial charge in [0.05, 0.1) is 10.6 Å². The summed E-state index contributed by atoms with van der Waals surface area (Å²) in [6, 6.07) is 9.17. The first-order chi connectivity index (χ1) is 12.4. The molecule has 0 unspecified atom stereocenters. The van der Waals surface area contributed by atoms with E-state index in [0.29, 0.717) is 22.2 Å². The molecule has 0 saturated carbocycles. The average molecular weight is 372 g/mol. The number of aromatic nitrogens is 2. The molecule has 0 aliphatic heterocycles. The smallest absolute Gasteiger partial charge is 0.279 e. The number of carbonyl (C=O) groups excluding carboxylic acids is 1. The molecular weight excluding hydrogens is 354 g/mol. The van der Waals surface area contributed by atoms with Crippen molar-refractivity contribution >= 4 is 23.3 Å². The summed E-state index contributed by atoms with van der Waals surface area (Å²) in [6.45, 7) is 5.91. The van der Waals surface area contributed by atoms with Crippen molar-refractivity contribution in [3.05, 3.63) is 69.7 Å². The van der Waals surface area contributed by atoms with Crippen molar-refractivity contribution in [3.8, 4) is 5.75 Å². The zero-order valence-corrected chi connectivity index (χ0v) is 15.4. The highest BCUT2D eigenvalue weighted by Crippen LogP contribution is 2.22. The third kappa shape index (κ3) is 4.03. The van der Waals surface area contributed by atoms with Crippen LogP contribution in [-0.4, -0.2) is 16.0 Å². The molecule has 3 rings (SSSR count). The number of halogens is 1. The molecule has 3 aromatic rings. The zero-order chi connectivity index (χ0) is 18.7. The number of nitrogens with one attached hydrogen (secondary N) is 1. The molecule has 0 bridgehead atoms. The lowest BCUT2D eigenvalue weighted by Crippen LogP contribution is -2.16. The maximum Gasteiger partial charge on any atom is 0.279 e. The van der Waals surface area contributed by atoms with Crippen molar-refractivity contribution in [2.45, 2.75) is 27.4 Å². The summed E-state index contributed by atoms with van der Waals surface area (Å²) < 4.78 is 11.0. The summed E-state index contributed by atoms with van der Waals surface area (Å²) in [6.07, 6.45) is 1.45. The van der Waals surface area contributed by atoms with Gasteiger partial charge >= 0.3 is 0 Å². The molecule has 0 aliphatic carbocycles. The molecule has 1 aromatic carbocycles. The number of benzene rings is 1. The van der Waals surface area contributed by atoms with Crippen molar-refractivity contribution < 1.29 is 14.1 Å². The maximum atomic E-state index is 12.5. The lowest BCUT2D eigenvalue weighted by molar-refractivity contribution is 0.101. The van der Waals surface area contributed by atoms with Crippen LogP contribution in [0.25, 0.3) is 0 Å². The van der Waals surface area contributed by atoms with E-state index in [4.69, 9.17) is 20.9 Å². The molecular formula is C19H18ClN3O3. The Bertz CT molecular complexity index is 936. The van der Waals surface area contributed by atoms with Crippen LogP contribution in [-0.2, 0) is 6.61 Å². The monoisotopic (exact) mass is 371 g/mol. The van der Waals surface area contributed by atoms with Gasteiger partial charge in [-0.3, -0.25) is 4.79 Å². The number of hydrogen-bond acceptors (Lipinski definition) is 5. The number of rotatable bonds is 5. The van der Waals surface area contributed by atoms with E-state index in [1.807, 2.05) is 32.0 Å². The van der Waals surface area contributed by atoms with Crippen LogP contribution in [0.2, 0.25) is 5.02 Å². The topological polar surface area (TPSA) is 77.2 Å². The van der Waals surface area contributed by atoms with Crippen LogP contribution in [0.5, 0.6) is 5.75 Å². The molecule has 134 valence electrons. The molecule has 1 N–H and O–H groups in total. The molecule has 0 radical (unpaired) electrons. The van der Waals surface area contributed by atoms with Gasteiger partial charge in [-0.2, -0.15) is 0 Å². The number of amides is 1. The number of pyridine rings is 1. The Morgan fingerprint density at radius 2 is 2.04 bits per heavy atom. The van der Waals surface area contributed by atoms with Crippen LogP contribution >= 0.6 is 11.6 Å². The number of ether oxygens (including phenoxy) is 1. The van der Waals surface area contributed by atoms with Gasteiger partial charge in [0.2, 0.25) is 0 Å². The Balaban J connectivity index is 1.75. The predicted octanol–water partition coefficient (Wildman–Crippen LogP) is 4.48. The summed E-state index contributed by atoms with van der Waals surface area (Å²) in [5, 5.41) is 7.02. The molecule has 1 amide bonds. The second-order valence-corrected chi connectivity index (χ2v) is 6.38. The lowest BCUT2D eigenvalue weighted by Gasteiger charge is -2.10. The molecule has 0 fully saturated rings. The molecule has 0 spiro atoms. The van der Waals surface area contributed by atoms with E-state index in [-0.39, 0.29) is 12.3 Å². The van der Waals surface area contributed by atoms with Gasteiger partial charge in [0.15, 0.2) is 5.69 Å². The fourth-order valence-corrected chi connectivity index (χ4v) is 2.59. The highest BCUT2D eigenvalue weighted by molar-refractivity contribution is 6.30. The highest BCUT2D eigenvalue weighted by Gasteiger charge is 2.21. The van der Waals surface area contributed by atoms with Crippen LogP contribution in [0.4, 0.5) is 5.82 Å². The Labute approximate surface area is 156 Å². The lowest BCUT2D eigenvalue weighted by atomic mass is 10.1. The van der Waals surface area contributed by atoms with Gasteiger partial charge in [-0.1, -0.05) is 34.5 Å². The summed E-state index contributed by atoms with van der Waals surface area (Å²) in [4.78, 5) is 16.5. The van der Waals surface area contributed by atoms with Gasteiger partial charge in [0.1, 0.15) is 23.9 Å². The third-order valence-corrected chi connectivity index (χ3v) is 4.09. The van der Waals surface area contributed by atoms with Gasteiger partial charge in [-0.25, -0.2) is 4.98 Å². The van der Waals surface area contributed by atoms with E-state index in [2.05, 4.69) is 15.5 Å². The molecule has 7 heteroatoms. The van der Waals surface area contributed by atoms with Gasteiger partial charge in [0, 0.05) is 6.20 Å². The van der Waals surface area contributed by atoms with E-state index >= 15 is 0 Å². The van der Waals surface area contributed by atoms with Gasteiger partial charge in [-0.15, -0.1) is 0 Å². The molecule has 2 aromatic heterocycles. The van der Waals surface area contributed by atoms with Crippen molar-refractivity contribution in [1.29, 1.82) is 0 Å². The van der Waals surface area contributed by atoms with Crippen LogP contribution < -0.4 is 10.1 Å². The van der Waals surface area contributed by atoms with Gasteiger partial charge in [0.25, 0.3) is 5.91 Å². The molecule has 0 saturated heterocycles. The number of carbonyl (C=O) groups is 1. The second kappa shape index (κ2) is 7.58.